The quantitative estimate of drug-likeness (QED) is 0.368. The standard InChI is InChI=1S/C7H16S2/c1-3-4-5-6-7(2)9-8/h7-8H,3-6H2,1-2H3. The fraction of sp³-hybridized carbons (Fsp3) is 1.00. The molecule has 1 atom stereocenters. The Morgan fingerprint density at radius 3 is 2.56 bits per heavy atom. The van der Waals surface area contributed by atoms with Crippen molar-refractivity contribution < 1.29 is 0 Å². The van der Waals surface area contributed by atoms with Crippen molar-refractivity contribution >= 4 is 22.5 Å². The van der Waals surface area contributed by atoms with Crippen LogP contribution in [-0.2, 0) is 0 Å². The lowest BCUT2D eigenvalue weighted by atomic mass is 10.2. The number of thiol groups is 1. The van der Waals surface area contributed by atoms with Crippen LogP contribution in [0.3, 0.4) is 0 Å². The molecule has 0 aromatic carbocycles. The van der Waals surface area contributed by atoms with Crippen LogP contribution < -0.4 is 0 Å². The third kappa shape index (κ3) is 6.59. The maximum absolute atomic E-state index is 4.13. The second kappa shape index (κ2) is 6.81. The highest BCUT2D eigenvalue weighted by atomic mass is 33.1. The summed E-state index contributed by atoms with van der Waals surface area (Å²) in [5.74, 6) is 0. The summed E-state index contributed by atoms with van der Waals surface area (Å²) in [6.45, 7) is 4.46. The molecular formula is C7H16S2. The van der Waals surface area contributed by atoms with Crippen LogP contribution in [0.4, 0.5) is 0 Å². The molecule has 0 aliphatic rings. The Kier molecular flexibility index (Phi) is 7.34. The van der Waals surface area contributed by atoms with E-state index in [4.69, 9.17) is 0 Å². The first-order valence-corrected chi connectivity index (χ1v) is 5.54. The highest BCUT2D eigenvalue weighted by Gasteiger charge is 1.97. The van der Waals surface area contributed by atoms with Gasteiger partial charge in [-0.3, -0.25) is 0 Å². The van der Waals surface area contributed by atoms with Crippen molar-refractivity contribution in [1.82, 2.24) is 0 Å². The summed E-state index contributed by atoms with van der Waals surface area (Å²) < 4.78 is 0. The zero-order valence-electron chi connectivity index (χ0n) is 6.26. The van der Waals surface area contributed by atoms with Gasteiger partial charge in [0, 0.05) is 5.25 Å². The van der Waals surface area contributed by atoms with Gasteiger partial charge in [0.15, 0.2) is 0 Å². The van der Waals surface area contributed by atoms with E-state index >= 15 is 0 Å². The molecule has 0 aliphatic heterocycles. The summed E-state index contributed by atoms with van der Waals surface area (Å²) in [5, 5.41) is 0.736. The average molecular weight is 164 g/mol. The molecule has 0 radical (unpaired) electrons. The van der Waals surface area contributed by atoms with E-state index in [1.54, 1.807) is 10.8 Å². The van der Waals surface area contributed by atoms with E-state index < -0.39 is 0 Å². The lowest BCUT2D eigenvalue weighted by molar-refractivity contribution is 0.666. The first-order chi connectivity index (χ1) is 4.31. The van der Waals surface area contributed by atoms with Crippen LogP contribution in [0.5, 0.6) is 0 Å². The predicted octanol–water partition coefficient (Wildman–Crippen LogP) is 3.53. The Morgan fingerprint density at radius 2 is 2.11 bits per heavy atom. The van der Waals surface area contributed by atoms with Crippen molar-refractivity contribution in [2.75, 3.05) is 0 Å². The predicted molar refractivity (Wildman–Crippen MR) is 50.2 cm³/mol. The second-order valence-corrected chi connectivity index (χ2v) is 4.06. The maximum Gasteiger partial charge on any atom is 0.0120 e. The minimum Gasteiger partial charge on any atom is -0.111 e. The van der Waals surface area contributed by atoms with Crippen LogP contribution in [0.2, 0.25) is 0 Å². The molecule has 0 heterocycles. The lowest BCUT2D eigenvalue weighted by Crippen LogP contribution is -1.91. The molecule has 56 valence electrons. The summed E-state index contributed by atoms with van der Waals surface area (Å²) in [4.78, 5) is 0. The summed E-state index contributed by atoms with van der Waals surface area (Å²) in [6.07, 6.45) is 5.38. The number of hydrogen-bond acceptors (Lipinski definition) is 2. The molecule has 0 fully saturated rings. The molecule has 0 bridgehead atoms. The normalized spacial score (nSPS) is 13.7. The summed E-state index contributed by atoms with van der Waals surface area (Å²) in [7, 11) is 1.67. The third-order valence-electron chi connectivity index (χ3n) is 1.39. The van der Waals surface area contributed by atoms with Gasteiger partial charge in [-0.25, -0.2) is 0 Å². The van der Waals surface area contributed by atoms with E-state index in [1.807, 2.05) is 0 Å². The van der Waals surface area contributed by atoms with Gasteiger partial charge >= 0.3 is 0 Å². The van der Waals surface area contributed by atoms with Gasteiger partial charge in [0.25, 0.3) is 0 Å². The van der Waals surface area contributed by atoms with Gasteiger partial charge in [0.1, 0.15) is 0 Å². The van der Waals surface area contributed by atoms with E-state index in [-0.39, 0.29) is 0 Å². The van der Waals surface area contributed by atoms with Gasteiger partial charge in [-0.1, -0.05) is 43.9 Å². The van der Waals surface area contributed by atoms with Crippen molar-refractivity contribution in [1.29, 1.82) is 0 Å². The molecule has 0 aromatic heterocycles. The Balaban J connectivity index is 2.88. The highest BCUT2D eigenvalue weighted by molar-refractivity contribution is 8.68. The molecule has 0 spiro atoms. The summed E-state index contributed by atoms with van der Waals surface area (Å²) in [5.41, 5.74) is 0. The highest BCUT2D eigenvalue weighted by Crippen LogP contribution is 2.19. The Labute approximate surface area is 67.6 Å². The number of unbranched alkanes of at least 4 members (excludes halogenated alkanes) is 2. The zero-order chi connectivity index (χ0) is 7.11. The van der Waals surface area contributed by atoms with E-state index in [0.717, 1.165) is 5.25 Å². The smallest absolute Gasteiger partial charge is 0.0120 e. The molecular weight excluding hydrogens is 148 g/mol. The third-order valence-corrected chi connectivity index (χ3v) is 3.07. The minimum absolute atomic E-state index is 0.736. The number of hydrogen-bond donors (Lipinski definition) is 1. The molecule has 0 saturated heterocycles. The molecule has 0 rings (SSSR count). The van der Waals surface area contributed by atoms with Gasteiger partial charge in [-0.05, 0) is 6.42 Å². The van der Waals surface area contributed by atoms with E-state index in [0.29, 0.717) is 0 Å². The van der Waals surface area contributed by atoms with Crippen LogP contribution in [0.25, 0.3) is 0 Å². The fourth-order valence-corrected chi connectivity index (χ4v) is 1.32. The van der Waals surface area contributed by atoms with Crippen LogP contribution in [0.15, 0.2) is 0 Å². The fourth-order valence-electron chi connectivity index (χ4n) is 0.734. The van der Waals surface area contributed by atoms with E-state index in [1.165, 1.54) is 25.7 Å². The van der Waals surface area contributed by atoms with E-state index in [9.17, 15) is 0 Å². The zero-order valence-corrected chi connectivity index (χ0v) is 7.97. The molecule has 0 aromatic rings. The van der Waals surface area contributed by atoms with Gasteiger partial charge in [-0.15, -0.1) is 11.7 Å². The lowest BCUT2D eigenvalue weighted by Gasteiger charge is -2.04. The summed E-state index contributed by atoms with van der Waals surface area (Å²) >= 11 is 4.13. The van der Waals surface area contributed by atoms with Gasteiger partial charge in [-0.2, -0.15) is 0 Å². The van der Waals surface area contributed by atoms with Gasteiger partial charge < -0.3 is 0 Å². The molecule has 0 N–H and O–H groups in total. The monoisotopic (exact) mass is 164 g/mol. The Bertz CT molecular complexity index is 54.9. The van der Waals surface area contributed by atoms with Gasteiger partial charge in [0.2, 0.25) is 0 Å². The van der Waals surface area contributed by atoms with Crippen LogP contribution in [0.1, 0.15) is 39.5 Å². The molecule has 2 heteroatoms. The first-order valence-electron chi connectivity index (χ1n) is 3.61. The molecule has 9 heavy (non-hydrogen) atoms. The van der Waals surface area contributed by atoms with Crippen LogP contribution in [-0.4, -0.2) is 5.25 Å². The number of rotatable bonds is 5. The second-order valence-electron chi connectivity index (χ2n) is 2.41. The molecule has 0 aliphatic carbocycles. The SMILES string of the molecule is CCCCCC(C)SS. The Morgan fingerprint density at radius 1 is 1.44 bits per heavy atom. The van der Waals surface area contributed by atoms with Crippen molar-refractivity contribution in [3.63, 3.8) is 0 Å². The van der Waals surface area contributed by atoms with Crippen molar-refractivity contribution in [3.8, 4) is 0 Å². The molecule has 1 unspecified atom stereocenters. The topological polar surface area (TPSA) is 0 Å². The van der Waals surface area contributed by atoms with Gasteiger partial charge in [0.05, 0.1) is 0 Å². The molecule has 0 nitrogen and oxygen atoms in total. The Hall–Kier alpha value is 0.700. The average Bonchev–Trinajstić information content (AvgIpc) is 1.89. The largest absolute Gasteiger partial charge is 0.111 e. The van der Waals surface area contributed by atoms with E-state index in [2.05, 4.69) is 25.5 Å². The first kappa shape index (κ1) is 9.70. The molecule has 0 amide bonds. The van der Waals surface area contributed by atoms with Crippen LogP contribution in [0, 0.1) is 0 Å². The summed E-state index contributed by atoms with van der Waals surface area (Å²) in [6, 6.07) is 0. The maximum atomic E-state index is 4.13. The van der Waals surface area contributed by atoms with Crippen molar-refractivity contribution in [2.45, 2.75) is 44.8 Å². The minimum atomic E-state index is 0.736. The van der Waals surface area contributed by atoms with Crippen molar-refractivity contribution in [2.24, 2.45) is 0 Å². The van der Waals surface area contributed by atoms with Crippen molar-refractivity contribution in [3.05, 3.63) is 0 Å². The van der Waals surface area contributed by atoms with Crippen LogP contribution >= 0.6 is 22.5 Å². The molecule has 0 saturated carbocycles.